The SMILES string of the molecule is OCCCCCCCCCCCCCCCO. The first-order valence-electron chi connectivity index (χ1n) is 7.63. The van der Waals surface area contributed by atoms with E-state index in [1.54, 1.807) is 0 Å². The van der Waals surface area contributed by atoms with Crippen LogP contribution in [0.25, 0.3) is 0 Å². The molecule has 0 atom stereocenters. The molecule has 0 radical (unpaired) electrons. The van der Waals surface area contributed by atoms with Gasteiger partial charge in [-0.25, -0.2) is 0 Å². The molecule has 0 saturated heterocycles. The Balaban J connectivity index is 2.85. The van der Waals surface area contributed by atoms with Gasteiger partial charge in [-0.05, 0) is 12.8 Å². The van der Waals surface area contributed by atoms with Crippen LogP contribution < -0.4 is 0 Å². The van der Waals surface area contributed by atoms with E-state index in [-0.39, 0.29) is 0 Å². The highest BCUT2D eigenvalue weighted by Crippen LogP contribution is 2.12. The van der Waals surface area contributed by atoms with Crippen molar-refractivity contribution in [2.75, 3.05) is 13.2 Å². The molecule has 0 aromatic carbocycles. The summed E-state index contributed by atoms with van der Waals surface area (Å²) >= 11 is 0. The number of aliphatic hydroxyl groups is 2. The molecule has 2 nitrogen and oxygen atoms in total. The Morgan fingerprint density at radius 2 is 0.471 bits per heavy atom. The molecule has 2 N–H and O–H groups in total. The van der Waals surface area contributed by atoms with Crippen LogP contribution in [0.15, 0.2) is 0 Å². The van der Waals surface area contributed by atoms with Gasteiger partial charge in [0.1, 0.15) is 0 Å². The first-order chi connectivity index (χ1) is 8.41. The van der Waals surface area contributed by atoms with Crippen molar-refractivity contribution in [1.29, 1.82) is 0 Å². The number of unbranched alkanes of at least 4 members (excludes halogenated alkanes) is 12. The van der Waals surface area contributed by atoms with E-state index >= 15 is 0 Å². The monoisotopic (exact) mass is 244 g/mol. The molecule has 17 heavy (non-hydrogen) atoms. The van der Waals surface area contributed by atoms with Crippen LogP contribution in [0, 0.1) is 0 Å². The van der Waals surface area contributed by atoms with Crippen molar-refractivity contribution < 1.29 is 10.2 Å². The second-order valence-corrected chi connectivity index (χ2v) is 5.04. The predicted octanol–water partition coefficient (Wildman–Crippen LogP) is 4.04. The fourth-order valence-electron chi connectivity index (χ4n) is 2.17. The van der Waals surface area contributed by atoms with Crippen molar-refractivity contribution in [1.82, 2.24) is 0 Å². The minimum Gasteiger partial charge on any atom is -0.396 e. The fraction of sp³-hybridized carbons (Fsp3) is 1.00. The molecule has 0 aromatic heterocycles. The van der Waals surface area contributed by atoms with Crippen molar-refractivity contribution in [2.45, 2.75) is 83.5 Å². The lowest BCUT2D eigenvalue weighted by atomic mass is 10.0. The molecular formula is C15H32O2. The van der Waals surface area contributed by atoms with Crippen molar-refractivity contribution in [3.05, 3.63) is 0 Å². The second-order valence-electron chi connectivity index (χ2n) is 5.04. The summed E-state index contributed by atoms with van der Waals surface area (Å²) in [5.41, 5.74) is 0. The lowest BCUT2D eigenvalue weighted by Gasteiger charge is -2.02. The molecule has 0 fully saturated rings. The van der Waals surface area contributed by atoms with Gasteiger partial charge in [-0.15, -0.1) is 0 Å². The topological polar surface area (TPSA) is 40.5 Å². The minimum absolute atomic E-state index is 0.357. The van der Waals surface area contributed by atoms with E-state index in [9.17, 15) is 0 Å². The van der Waals surface area contributed by atoms with Gasteiger partial charge in [0.05, 0.1) is 0 Å². The van der Waals surface area contributed by atoms with Crippen LogP contribution in [-0.2, 0) is 0 Å². The number of hydrogen-bond donors (Lipinski definition) is 2. The van der Waals surface area contributed by atoms with Crippen LogP contribution in [0.3, 0.4) is 0 Å². The maximum atomic E-state index is 8.63. The summed E-state index contributed by atoms with van der Waals surface area (Å²) in [6.45, 7) is 0.715. The van der Waals surface area contributed by atoms with Crippen LogP contribution in [-0.4, -0.2) is 23.4 Å². The van der Waals surface area contributed by atoms with Gasteiger partial charge >= 0.3 is 0 Å². The lowest BCUT2D eigenvalue weighted by molar-refractivity contribution is 0.282. The third kappa shape index (κ3) is 15.9. The summed E-state index contributed by atoms with van der Waals surface area (Å²) in [4.78, 5) is 0. The second kappa shape index (κ2) is 15.9. The van der Waals surface area contributed by atoms with E-state index in [0.29, 0.717) is 13.2 Å². The zero-order chi connectivity index (χ0) is 12.6. The van der Waals surface area contributed by atoms with Gasteiger partial charge < -0.3 is 10.2 Å². The van der Waals surface area contributed by atoms with Gasteiger partial charge in [-0.3, -0.25) is 0 Å². The summed E-state index contributed by atoms with van der Waals surface area (Å²) in [6.07, 6.45) is 16.5. The van der Waals surface area contributed by atoms with Crippen LogP contribution in [0.5, 0.6) is 0 Å². The quantitative estimate of drug-likeness (QED) is 0.453. The molecule has 0 unspecified atom stereocenters. The minimum atomic E-state index is 0.357. The van der Waals surface area contributed by atoms with Gasteiger partial charge in [0.15, 0.2) is 0 Å². The van der Waals surface area contributed by atoms with Gasteiger partial charge in [0, 0.05) is 13.2 Å². The normalized spacial score (nSPS) is 10.9. The Morgan fingerprint density at radius 1 is 0.294 bits per heavy atom. The van der Waals surface area contributed by atoms with Gasteiger partial charge in [-0.1, -0.05) is 70.6 Å². The average molecular weight is 244 g/mol. The number of rotatable bonds is 14. The van der Waals surface area contributed by atoms with Crippen LogP contribution in [0.4, 0.5) is 0 Å². The standard InChI is InChI=1S/C15H32O2/c16-14-12-10-8-6-4-2-1-3-5-7-9-11-13-15-17/h16-17H,1-15H2. The first kappa shape index (κ1) is 16.9. The maximum Gasteiger partial charge on any atom is 0.0431 e. The molecule has 0 spiro atoms. The van der Waals surface area contributed by atoms with Crippen molar-refractivity contribution >= 4 is 0 Å². The molecular weight excluding hydrogens is 212 g/mol. The Hall–Kier alpha value is -0.0800. The summed E-state index contributed by atoms with van der Waals surface area (Å²) in [5.74, 6) is 0. The van der Waals surface area contributed by atoms with E-state index in [0.717, 1.165) is 12.8 Å². The molecule has 0 aliphatic heterocycles. The smallest absolute Gasteiger partial charge is 0.0431 e. The summed E-state index contributed by atoms with van der Waals surface area (Å²) < 4.78 is 0. The zero-order valence-electron chi connectivity index (χ0n) is 11.5. The molecule has 0 aromatic rings. The largest absolute Gasteiger partial charge is 0.396 e. The first-order valence-corrected chi connectivity index (χ1v) is 7.63. The number of aliphatic hydroxyl groups excluding tert-OH is 2. The van der Waals surface area contributed by atoms with Crippen LogP contribution in [0.1, 0.15) is 83.5 Å². The molecule has 0 aliphatic rings. The number of hydrogen-bond acceptors (Lipinski definition) is 2. The third-order valence-electron chi connectivity index (χ3n) is 3.32. The Morgan fingerprint density at radius 3 is 0.647 bits per heavy atom. The highest BCUT2D eigenvalue weighted by molar-refractivity contribution is 4.48. The summed E-state index contributed by atoms with van der Waals surface area (Å²) in [6, 6.07) is 0. The van der Waals surface area contributed by atoms with Crippen LogP contribution >= 0.6 is 0 Å². The van der Waals surface area contributed by atoms with E-state index < -0.39 is 0 Å². The zero-order valence-corrected chi connectivity index (χ0v) is 11.5. The average Bonchev–Trinajstić information content (AvgIpc) is 2.35. The van der Waals surface area contributed by atoms with Crippen molar-refractivity contribution in [2.24, 2.45) is 0 Å². The van der Waals surface area contributed by atoms with Crippen LogP contribution in [0.2, 0.25) is 0 Å². The molecule has 0 rings (SSSR count). The van der Waals surface area contributed by atoms with E-state index in [2.05, 4.69) is 0 Å². The van der Waals surface area contributed by atoms with Crippen molar-refractivity contribution in [3.8, 4) is 0 Å². The van der Waals surface area contributed by atoms with Gasteiger partial charge in [0.2, 0.25) is 0 Å². The summed E-state index contributed by atoms with van der Waals surface area (Å²) in [5, 5.41) is 17.3. The molecule has 0 bridgehead atoms. The highest BCUT2D eigenvalue weighted by atomic mass is 16.3. The molecule has 104 valence electrons. The van der Waals surface area contributed by atoms with E-state index in [1.165, 1.54) is 70.6 Å². The third-order valence-corrected chi connectivity index (χ3v) is 3.32. The molecule has 2 heteroatoms. The van der Waals surface area contributed by atoms with Gasteiger partial charge in [-0.2, -0.15) is 0 Å². The fourth-order valence-corrected chi connectivity index (χ4v) is 2.17. The Bertz CT molecular complexity index is 112. The predicted molar refractivity (Wildman–Crippen MR) is 74.2 cm³/mol. The van der Waals surface area contributed by atoms with Crippen molar-refractivity contribution in [3.63, 3.8) is 0 Å². The Kier molecular flexibility index (Phi) is 15.8. The lowest BCUT2D eigenvalue weighted by Crippen LogP contribution is -1.85. The summed E-state index contributed by atoms with van der Waals surface area (Å²) in [7, 11) is 0. The highest BCUT2D eigenvalue weighted by Gasteiger charge is 1.93. The maximum absolute atomic E-state index is 8.63. The molecule has 0 aliphatic carbocycles. The molecule has 0 heterocycles. The van der Waals surface area contributed by atoms with E-state index in [1.807, 2.05) is 0 Å². The van der Waals surface area contributed by atoms with Gasteiger partial charge in [0.25, 0.3) is 0 Å². The molecule has 0 saturated carbocycles. The Labute approximate surface area is 107 Å². The molecule has 0 amide bonds. The van der Waals surface area contributed by atoms with E-state index in [4.69, 9.17) is 10.2 Å².